The number of aryl methyl sites for hydroxylation is 1. The zero-order valence-corrected chi connectivity index (χ0v) is 10.5. The van der Waals surface area contributed by atoms with Gasteiger partial charge in [-0.2, -0.15) is 0 Å². The monoisotopic (exact) mass is 268 g/mol. The van der Waals surface area contributed by atoms with E-state index in [2.05, 4.69) is 20.0 Å². The molecule has 0 aliphatic rings. The molecule has 96 valence electrons. The van der Waals surface area contributed by atoms with Crippen molar-refractivity contribution in [1.29, 1.82) is 0 Å². The molecule has 0 saturated carbocycles. The fraction of sp³-hybridized carbons (Fsp3) is 0.333. The van der Waals surface area contributed by atoms with Gasteiger partial charge >= 0.3 is 5.69 Å². The fourth-order valence-electron chi connectivity index (χ4n) is 1.51. The van der Waals surface area contributed by atoms with E-state index in [4.69, 9.17) is 5.84 Å². The summed E-state index contributed by atoms with van der Waals surface area (Å²) >= 11 is 1.10. The van der Waals surface area contributed by atoms with Gasteiger partial charge in [0.1, 0.15) is 10.7 Å². The molecule has 0 radical (unpaired) electrons. The molecule has 2 aromatic heterocycles. The quantitative estimate of drug-likeness (QED) is 0.497. The summed E-state index contributed by atoms with van der Waals surface area (Å²) in [6.45, 7) is 2.05. The summed E-state index contributed by atoms with van der Waals surface area (Å²) in [5.41, 5.74) is 2.72. The van der Waals surface area contributed by atoms with Gasteiger partial charge in [-0.15, -0.1) is 5.10 Å². The number of anilines is 1. The normalized spacial score (nSPS) is 10.6. The van der Waals surface area contributed by atoms with Crippen LogP contribution in [-0.4, -0.2) is 19.1 Å². The lowest BCUT2D eigenvalue weighted by Crippen LogP contribution is -2.32. The zero-order chi connectivity index (χ0) is 13.1. The van der Waals surface area contributed by atoms with E-state index in [1.165, 1.54) is 10.8 Å². The number of nitrogens with zero attached hydrogens (tertiary/aromatic N) is 3. The lowest BCUT2D eigenvalue weighted by molar-refractivity contribution is 0.692. The molecule has 2 heterocycles. The number of hydrogen-bond donors (Lipinski definition) is 3. The van der Waals surface area contributed by atoms with Crippen LogP contribution in [-0.2, 0) is 13.0 Å². The maximum atomic E-state index is 11.6. The first-order valence-corrected chi connectivity index (χ1v) is 6.03. The molecule has 0 aliphatic heterocycles. The van der Waals surface area contributed by atoms with Gasteiger partial charge in [0.2, 0.25) is 0 Å². The highest BCUT2D eigenvalue weighted by molar-refractivity contribution is 7.10. The third-order valence-corrected chi connectivity index (χ3v) is 3.17. The molecule has 8 nitrogen and oxygen atoms in total. The molecule has 0 aliphatic carbocycles. The van der Waals surface area contributed by atoms with Gasteiger partial charge in [0, 0.05) is 23.3 Å². The van der Waals surface area contributed by atoms with Gasteiger partial charge in [-0.3, -0.25) is 14.3 Å². The van der Waals surface area contributed by atoms with Crippen LogP contribution in [0.2, 0.25) is 0 Å². The third-order valence-electron chi connectivity index (χ3n) is 2.47. The van der Waals surface area contributed by atoms with Crippen LogP contribution < -0.4 is 22.5 Å². The van der Waals surface area contributed by atoms with E-state index in [1.54, 1.807) is 0 Å². The van der Waals surface area contributed by atoms with Crippen molar-refractivity contribution in [2.24, 2.45) is 5.84 Å². The molecule has 0 aromatic carbocycles. The molecule has 0 amide bonds. The van der Waals surface area contributed by atoms with Crippen molar-refractivity contribution in [3.63, 3.8) is 0 Å². The van der Waals surface area contributed by atoms with Crippen LogP contribution in [0, 0.1) is 0 Å². The number of hydrogen-bond acceptors (Lipinski definition) is 7. The first kappa shape index (κ1) is 12.5. The number of nitrogens with two attached hydrogens (primary N) is 1. The third kappa shape index (κ3) is 2.31. The van der Waals surface area contributed by atoms with Crippen molar-refractivity contribution in [3.05, 3.63) is 38.3 Å². The van der Waals surface area contributed by atoms with Crippen molar-refractivity contribution >= 4 is 16.5 Å². The van der Waals surface area contributed by atoms with Gasteiger partial charge in [-0.1, -0.05) is 11.4 Å². The standard InChI is InChI=1S/C9H12N6O2S/c1-2-5-3-15(9(17)11-7(5)16)4-6-8(12-10)18-14-13-6/h3,12H,2,4,10H2,1H3,(H,11,16,17). The van der Waals surface area contributed by atoms with Gasteiger partial charge in [-0.05, 0) is 6.42 Å². The molecule has 0 bridgehead atoms. The molecule has 0 unspecified atom stereocenters. The Bertz CT molecular complexity index is 658. The minimum atomic E-state index is -0.479. The average molecular weight is 268 g/mol. The SMILES string of the molecule is CCc1cn(Cc2nnsc2NN)c(=O)[nH]c1=O. The highest BCUT2D eigenvalue weighted by Gasteiger charge is 2.10. The van der Waals surface area contributed by atoms with E-state index in [1.807, 2.05) is 6.92 Å². The summed E-state index contributed by atoms with van der Waals surface area (Å²) < 4.78 is 5.11. The van der Waals surface area contributed by atoms with E-state index in [-0.39, 0.29) is 12.1 Å². The summed E-state index contributed by atoms with van der Waals surface area (Å²) in [5, 5.41) is 4.46. The summed E-state index contributed by atoms with van der Waals surface area (Å²) in [6.07, 6.45) is 2.08. The van der Waals surface area contributed by atoms with Crippen LogP contribution in [0.1, 0.15) is 18.2 Å². The predicted molar refractivity (Wildman–Crippen MR) is 67.5 cm³/mol. The second kappa shape index (κ2) is 5.10. The molecule has 0 fully saturated rings. The number of hydrazine groups is 1. The van der Waals surface area contributed by atoms with Gasteiger partial charge in [0.15, 0.2) is 0 Å². The first-order chi connectivity index (χ1) is 8.65. The molecule has 0 saturated heterocycles. The van der Waals surface area contributed by atoms with E-state index in [0.717, 1.165) is 11.5 Å². The average Bonchev–Trinajstić information content (AvgIpc) is 2.79. The smallest absolute Gasteiger partial charge is 0.313 e. The lowest BCUT2D eigenvalue weighted by Gasteiger charge is -2.05. The Hall–Kier alpha value is -2.00. The molecule has 2 aromatic rings. The fourth-order valence-corrected chi connectivity index (χ4v) is 1.99. The van der Waals surface area contributed by atoms with E-state index >= 15 is 0 Å². The Balaban J connectivity index is 2.40. The minimum absolute atomic E-state index is 0.207. The highest BCUT2D eigenvalue weighted by atomic mass is 32.1. The first-order valence-electron chi connectivity index (χ1n) is 5.26. The maximum absolute atomic E-state index is 11.6. The van der Waals surface area contributed by atoms with Crippen molar-refractivity contribution in [2.75, 3.05) is 5.43 Å². The van der Waals surface area contributed by atoms with E-state index < -0.39 is 5.69 Å². The van der Waals surface area contributed by atoms with Gasteiger partial charge in [-0.25, -0.2) is 10.6 Å². The molecule has 0 spiro atoms. The van der Waals surface area contributed by atoms with Crippen LogP contribution in [0.25, 0.3) is 0 Å². The van der Waals surface area contributed by atoms with Crippen LogP contribution in [0.15, 0.2) is 15.8 Å². The van der Waals surface area contributed by atoms with Crippen LogP contribution in [0.5, 0.6) is 0 Å². The molecule has 18 heavy (non-hydrogen) atoms. The van der Waals surface area contributed by atoms with Crippen molar-refractivity contribution in [3.8, 4) is 0 Å². The summed E-state index contributed by atoms with van der Waals surface area (Å²) in [6, 6.07) is 0. The van der Waals surface area contributed by atoms with Gasteiger partial charge in [0.25, 0.3) is 5.56 Å². The summed E-state index contributed by atoms with van der Waals surface area (Å²) in [7, 11) is 0. The van der Waals surface area contributed by atoms with Gasteiger partial charge in [0.05, 0.1) is 6.54 Å². The Labute approximate surface area is 106 Å². The second-order valence-corrected chi connectivity index (χ2v) is 4.34. The Kier molecular flexibility index (Phi) is 3.53. The van der Waals surface area contributed by atoms with Crippen LogP contribution in [0.4, 0.5) is 5.00 Å². The van der Waals surface area contributed by atoms with Gasteiger partial charge < -0.3 is 5.43 Å². The Morgan fingerprint density at radius 1 is 1.56 bits per heavy atom. The second-order valence-electron chi connectivity index (χ2n) is 3.59. The summed E-state index contributed by atoms with van der Waals surface area (Å²) in [5.74, 6) is 5.30. The van der Waals surface area contributed by atoms with Crippen molar-refractivity contribution in [1.82, 2.24) is 19.1 Å². The lowest BCUT2D eigenvalue weighted by atomic mass is 10.2. The predicted octanol–water partition coefficient (Wildman–Crippen LogP) is -0.716. The van der Waals surface area contributed by atoms with Crippen molar-refractivity contribution in [2.45, 2.75) is 19.9 Å². The Morgan fingerprint density at radius 2 is 2.33 bits per heavy atom. The minimum Gasteiger partial charge on any atom is -0.313 e. The number of aromatic amines is 1. The molecular formula is C9H12N6O2S. The number of aromatic nitrogens is 4. The molecular weight excluding hydrogens is 256 g/mol. The largest absolute Gasteiger partial charge is 0.328 e. The van der Waals surface area contributed by atoms with Crippen LogP contribution in [0.3, 0.4) is 0 Å². The number of nitrogen functional groups attached to an aromatic ring is 1. The number of rotatable bonds is 4. The van der Waals surface area contributed by atoms with E-state index in [0.29, 0.717) is 22.7 Å². The van der Waals surface area contributed by atoms with E-state index in [9.17, 15) is 9.59 Å². The van der Waals surface area contributed by atoms with Crippen LogP contribution >= 0.6 is 11.5 Å². The number of nitrogens with one attached hydrogen (secondary N) is 2. The number of H-pyrrole nitrogens is 1. The molecule has 0 atom stereocenters. The molecule has 4 N–H and O–H groups in total. The maximum Gasteiger partial charge on any atom is 0.328 e. The highest BCUT2D eigenvalue weighted by Crippen LogP contribution is 2.16. The summed E-state index contributed by atoms with van der Waals surface area (Å²) in [4.78, 5) is 25.3. The molecule has 9 heteroatoms. The van der Waals surface area contributed by atoms with Crippen molar-refractivity contribution < 1.29 is 0 Å². The zero-order valence-electron chi connectivity index (χ0n) is 9.64. The topological polar surface area (TPSA) is 119 Å². The molecule has 2 rings (SSSR count). The Morgan fingerprint density at radius 3 is 3.00 bits per heavy atom.